The molecule has 0 saturated heterocycles. The van der Waals surface area contributed by atoms with Crippen molar-refractivity contribution in [3.05, 3.63) is 95.7 Å². The third kappa shape index (κ3) is 4.22. The smallest absolute Gasteiger partial charge is 0.259 e. The van der Waals surface area contributed by atoms with Crippen molar-refractivity contribution in [3.63, 3.8) is 0 Å². The van der Waals surface area contributed by atoms with Crippen molar-refractivity contribution in [1.82, 2.24) is 9.78 Å². The van der Waals surface area contributed by atoms with Gasteiger partial charge in [-0.1, -0.05) is 18.2 Å². The standard InChI is InChI=1S/C25H22N4O3/c1-16-14-18(10-13-21(16)24(26)30)27-25(31)22-15-29(19-6-4-3-5-7-19)28-23(22)17-8-11-20(32-2)12-9-17/h3-15H,1-2H3,(H2,26,30)(H,27,31). The Bertz CT molecular complexity index is 1280. The first kappa shape index (κ1) is 20.9. The molecule has 32 heavy (non-hydrogen) atoms. The quantitative estimate of drug-likeness (QED) is 0.482. The molecule has 4 aromatic rings. The predicted octanol–water partition coefficient (Wildman–Crippen LogP) is 4.21. The minimum atomic E-state index is -0.508. The van der Waals surface area contributed by atoms with E-state index < -0.39 is 5.91 Å². The van der Waals surface area contributed by atoms with Gasteiger partial charge in [-0.25, -0.2) is 4.68 Å². The van der Waals surface area contributed by atoms with Crippen molar-refractivity contribution in [2.45, 2.75) is 6.92 Å². The molecule has 0 radical (unpaired) electrons. The van der Waals surface area contributed by atoms with E-state index in [1.807, 2.05) is 54.6 Å². The molecule has 3 aromatic carbocycles. The lowest BCUT2D eigenvalue weighted by Crippen LogP contribution is -2.15. The van der Waals surface area contributed by atoms with Gasteiger partial charge in [0.15, 0.2) is 0 Å². The molecule has 4 rings (SSSR count). The summed E-state index contributed by atoms with van der Waals surface area (Å²) in [5.41, 5.74) is 9.61. The molecule has 3 N–H and O–H groups in total. The van der Waals surface area contributed by atoms with Crippen LogP contribution in [0.3, 0.4) is 0 Å². The molecule has 0 bridgehead atoms. The number of hydrogen-bond acceptors (Lipinski definition) is 4. The molecule has 0 aliphatic carbocycles. The molecule has 0 saturated carbocycles. The molecular formula is C25H22N4O3. The Balaban J connectivity index is 1.72. The Hall–Kier alpha value is -4.39. The lowest BCUT2D eigenvalue weighted by Gasteiger charge is -2.08. The number of para-hydroxylation sites is 1. The van der Waals surface area contributed by atoms with Gasteiger partial charge in [0.1, 0.15) is 11.4 Å². The Kier molecular flexibility index (Phi) is 5.72. The van der Waals surface area contributed by atoms with Crippen LogP contribution in [-0.2, 0) is 0 Å². The number of nitrogens with one attached hydrogen (secondary N) is 1. The van der Waals surface area contributed by atoms with Crippen LogP contribution in [0.25, 0.3) is 16.9 Å². The minimum absolute atomic E-state index is 0.316. The molecule has 1 aromatic heterocycles. The molecule has 0 atom stereocenters. The normalized spacial score (nSPS) is 10.6. The second kappa shape index (κ2) is 8.77. The first-order valence-corrected chi connectivity index (χ1v) is 9.97. The maximum absolute atomic E-state index is 13.2. The molecule has 7 nitrogen and oxygen atoms in total. The van der Waals surface area contributed by atoms with E-state index in [9.17, 15) is 9.59 Å². The van der Waals surface area contributed by atoms with Gasteiger partial charge in [-0.05, 0) is 67.1 Å². The van der Waals surface area contributed by atoms with Crippen LogP contribution < -0.4 is 15.8 Å². The van der Waals surface area contributed by atoms with Crippen molar-refractivity contribution in [2.24, 2.45) is 5.73 Å². The van der Waals surface area contributed by atoms with Crippen LogP contribution in [-0.4, -0.2) is 28.7 Å². The zero-order valence-electron chi connectivity index (χ0n) is 17.7. The summed E-state index contributed by atoms with van der Waals surface area (Å²) >= 11 is 0. The van der Waals surface area contributed by atoms with E-state index >= 15 is 0 Å². The Morgan fingerprint density at radius 3 is 2.31 bits per heavy atom. The zero-order valence-corrected chi connectivity index (χ0v) is 17.7. The number of aromatic nitrogens is 2. The van der Waals surface area contributed by atoms with Gasteiger partial charge >= 0.3 is 0 Å². The number of primary amides is 1. The molecular weight excluding hydrogens is 404 g/mol. The van der Waals surface area contributed by atoms with Gasteiger partial charge in [-0.15, -0.1) is 0 Å². The monoisotopic (exact) mass is 426 g/mol. The number of nitrogens with two attached hydrogens (primary N) is 1. The molecule has 0 fully saturated rings. The molecule has 160 valence electrons. The van der Waals surface area contributed by atoms with Crippen LogP contribution in [0.2, 0.25) is 0 Å². The Morgan fingerprint density at radius 2 is 1.69 bits per heavy atom. The summed E-state index contributed by atoms with van der Waals surface area (Å²) in [6.07, 6.45) is 1.70. The van der Waals surface area contributed by atoms with E-state index in [2.05, 4.69) is 10.4 Å². The van der Waals surface area contributed by atoms with Gasteiger partial charge < -0.3 is 15.8 Å². The third-order valence-electron chi connectivity index (χ3n) is 5.09. The van der Waals surface area contributed by atoms with Crippen molar-refractivity contribution in [2.75, 3.05) is 12.4 Å². The number of aryl methyl sites for hydroxylation is 1. The Morgan fingerprint density at radius 1 is 0.969 bits per heavy atom. The fourth-order valence-electron chi connectivity index (χ4n) is 3.43. The number of carbonyl (C=O) groups is 2. The fourth-order valence-corrected chi connectivity index (χ4v) is 3.43. The maximum atomic E-state index is 13.2. The highest BCUT2D eigenvalue weighted by Gasteiger charge is 2.19. The summed E-state index contributed by atoms with van der Waals surface area (Å²) in [4.78, 5) is 24.7. The number of nitrogens with zero attached hydrogens (tertiary/aromatic N) is 2. The number of amides is 2. The first-order valence-electron chi connectivity index (χ1n) is 9.97. The molecule has 0 aliphatic heterocycles. The predicted molar refractivity (Wildman–Crippen MR) is 123 cm³/mol. The SMILES string of the molecule is COc1ccc(-c2nn(-c3ccccc3)cc2C(=O)Nc2ccc(C(N)=O)c(C)c2)cc1. The van der Waals surface area contributed by atoms with Crippen LogP contribution in [0.1, 0.15) is 26.3 Å². The summed E-state index contributed by atoms with van der Waals surface area (Å²) in [6, 6.07) is 21.9. The Labute approximate surface area is 185 Å². The number of anilines is 1. The van der Waals surface area contributed by atoms with E-state index in [4.69, 9.17) is 10.5 Å². The summed E-state index contributed by atoms with van der Waals surface area (Å²) in [7, 11) is 1.60. The number of rotatable bonds is 6. The average Bonchev–Trinajstić information content (AvgIpc) is 3.25. The minimum Gasteiger partial charge on any atom is -0.497 e. The van der Waals surface area contributed by atoms with Gasteiger partial charge in [0.25, 0.3) is 5.91 Å². The van der Waals surface area contributed by atoms with Crippen molar-refractivity contribution in [3.8, 4) is 22.7 Å². The van der Waals surface area contributed by atoms with Crippen molar-refractivity contribution >= 4 is 17.5 Å². The molecule has 1 heterocycles. The number of methoxy groups -OCH3 is 1. The van der Waals surface area contributed by atoms with Gasteiger partial charge in [0, 0.05) is 23.0 Å². The topological polar surface area (TPSA) is 99.2 Å². The summed E-state index contributed by atoms with van der Waals surface area (Å²) in [5.74, 6) is -0.109. The van der Waals surface area contributed by atoms with Gasteiger partial charge in [0.2, 0.25) is 5.91 Å². The van der Waals surface area contributed by atoms with E-state index in [-0.39, 0.29) is 5.91 Å². The number of ether oxygens (including phenoxy) is 1. The maximum Gasteiger partial charge on any atom is 0.259 e. The van der Waals surface area contributed by atoms with Gasteiger partial charge in [-0.2, -0.15) is 5.10 Å². The molecule has 2 amide bonds. The molecule has 0 aliphatic rings. The lowest BCUT2D eigenvalue weighted by molar-refractivity contribution is 0.0997. The molecule has 7 heteroatoms. The summed E-state index contributed by atoms with van der Waals surface area (Å²) < 4.78 is 6.91. The second-order valence-electron chi connectivity index (χ2n) is 7.25. The molecule has 0 spiro atoms. The summed E-state index contributed by atoms with van der Waals surface area (Å²) in [6.45, 7) is 1.77. The first-order chi connectivity index (χ1) is 15.5. The van der Waals surface area contributed by atoms with Crippen molar-refractivity contribution < 1.29 is 14.3 Å². The van der Waals surface area contributed by atoms with E-state index in [0.29, 0.717) is 33.8 Å². The van der Waals surface area contributed by atoms with Crippen LogP contribution in [0.5, 0.6) is 5.75 Å². The van der Waals surface area contributed by atoms with Crippen LogP contribution in [0.4, 0.5) is 5.69 Å². The van der Waals surface area contributed by atoms with E-state index in [1.165, 1.54) is 0 Å². The molecule has 0 unspecified atom stereocenters. The number of hydrogen-bond donors (Lipinski definition) is 2. The zero-order chi connectivity index (χ0) is 22.7. The second-order valence-corrected chi connectivity index (χ2v) is 7.25. The lowest BCUT2D eigenvalue weighted by atomic mass is 10.1. The highest BCUT2D eigenvalue weighted by Crippen LogP contribution is 2.27. The highest BCUT2D eigenvalue weighted by atomic mass is 16.5. The summed E-state index contributed by atoms with van der Waals surface area (Å²) in [5, 5.41) is 7.57. The van der Waals surface area contributed by atoms with Crippen LogP contribution in [0.15, 0.2) is 79.0 Å². The fraction of sp³-hybridized carbons (Fsp3) is 0.0800. The van der Waals surface area contributed by atoms with Crippen LogP contribution in [0, 0.1) is 6.92 Å². The average molecular weight is 426 g/mol. The largest absolute Gasteiger partial charge is 0.497 e. The number of carbonyl (C=O) groups excluding carboxylic acids is 2. The highest BCUT2D eigenvalue weighted by molar-refractivity contribution is 6.08. The van der Waals surface area contributed by atoms with Crippen LogP contribution >= 0.6 is 0 Å². The number of benzene rings is 3. The van der Waals surface area contributed by atoms with Crippen molar-refractivity contribution in [1.29, 1.82) is 0 Å². The third-order valence-corrected chi connectivity index (χ3v) is 5.09. The van der Waals surface area contributed by atoms with Gasteiger partial charge in [0.05, 0.1) is 18.4 Å². The van der Waals surface area contributed by atoms with E-state index in [1.54, 1.807) is 43.1 Å². The van der Waals surface area contributed by atoms with Gasteiger partial charge in [-0.3, -0.25) is 9.59 Å². The van der Waals surface area contributed by atoms with E-state index in [0.717, 1.165) is 11.3 Å².